The van der Waals surface area contributed by atoms with E-state index in [1.807, 2.05) is 12.3 Å². The van der Waals surface area contributed by atoms with Crippen molar-refractivity contribution in [1.82, 2.24) is 9.88 Å². The number of allylic oxidation sites excluding steroid dienone is 3. The van der Waals surface area contributed by atoms with Gasteiger partial charge >= 0.3 is 5.97 Å². The van der Waals surface area contributed by atoms with E-state index in [1.165, 1.54) is 0 Å². The number of carboxylic acids is 1. The van der Waals surface area contributed by atoms with Gasteiger partial charge in [0.2, 0.25) is 0 Å². The molecule has 5 heteroatoms. The van der Waals surface area contributed by atoms with Crippen LogP contribution in [0.4, 0.5) is 0 Å². The molecule has 0 bridgehead atoms. The van der Waals surface area contributed by atoms with Crippen LogP contribution in [-0.4, -0.2) is 22.2 Å². The molecule has 5 nitrogen and oxygen atoms in total. The highest BCUT2D eigenvalue weighted by atomic mass is 16.5. The molecule has 104 valence electrons. The van der Waals surface area contributed by atoms with Gasteiger partial charge in [0, 0.05) is 18.7 Å². The largest absolute Gasteiger partial charge is 0.483 e. The Morgan fingerprint density at radius 3 is 3.25 bits per heavy atom. The number of ether oxygens (including phenoxy) is 1. The van der Waals surface area contributed by atoms with E-state index in [4.69, 9.17) is 9.84 Å². The Morgan fingerprint density at radius 1 is 1.50 bits per heavy atom. The van der Waals surface area contributed by atoms with Crippen LogP contribution in [0.15, 0.2) is 35.9 Å². The molecule has 1 saturated heterocycles. The molecule has 2 aliphatic heterocycles. The quantitative estimate of drug-likeness (QED) is 0.818. The van der Waals surface area contributed by atoms with Crippen molar-refractivity contribution < 1.29 is 14.6 Å². The second-order valence-corrected chi connectivity index (χ2v) is 5.57. The smallest absolute Gasteiger partial charge is 0.308 e. The average Bonchev–Trinajstić information content (AvgIpc) is 2.94. The third-order valence-corrected chi connectivity index (χ3v) is 4.40. The summed E-state index contributed by atoms with van der Waals surface area (Å²) in [5.41, 5.74) is 3.32. The second kappa shape index (κ2) is 4.16. The van der Waals surface area contributed by atoms with Gasteiger partial charge in [0.25, 0.3) is 0 Å². The number of carbonyl (C=O) groups is 1. The molecule has 4 rings (SSSR count). The first kappa shape index (κ1) is 11.6. The Balaban J connectivity index is 1.70. The number of nitrogens with zero attached hydrogens (tertiary/aromatic N) is 1. The van der Waals surface area contributed by atoms with Crippen molar-refractivity contribution in [2.24, 2.45) is 11.8 Å². The molecule has 1 fully saturated rings. The molecule has 0 aromatic carbocycles. The molecule has 3 heterocycles. The number of aromatic nitrogens is 1. The molecule has 20 heavy (non-hydrogen) atoms. The fourth-order valence-electron chi connectivity index (χ4n) is 3.35. The topological polar surface area (TPSA) is 63.5 Å². The number of carboxylic acid groups (broad SMARTS) is 1. The molecule has 3 aliphatic rings. The lowest BCUT2D eigenvalue weighted by atomic mass is 9.82. The van der Waals surface area contributed by atoms with Crippen molar-refractivity contribution in [3.8, 4) is 0 Å². The van der Waals surface area contributed by atoms with Crippen molar-refractivity contribution in [2.75, 3.05) is 6.54 Å². The van der Waals surface area contributed by atoms with Crippen molar-refractivity contribution in [3.63, 3.8) is 0 Å². The molecule has 0 saturated carbocycles. The predicted molar refractivity (Wildman–Crippen MR) is 72.4 cm³/mol. The molecule has 0 amide bonds. The van der Waals surface area contributed by atoms with Crippen LogP contribution < -0.4 is 5.32 Å². The lowest BCUT2D eigenvalue weighted by Gasteiger charge is -2.37. The fourth-order valence-corrected chi connectivity index (χ4v) is 3.35. The van der Waals surface area contributed by atoms with E-state index in [9.17, 15) is 4.79 Å². The molecule has 2 unspecified atom stereocenters. The van der Waals surface area contributed by atoms with Crippen LogP contribution >= 0.6 is 0 Å². The SMILES string of the molecule is O=C(O)C1CNC2=C3OCc4cccn4C3=CCC2C1. The van der Waals surface area contributed by atoms with Gasteiger partial charge in [0.1, 0.15) is 6.61 Å². The summed E-state index contributed by atoms with van der Waals surface area (Å²) < 4.78 is 8.07. The van der Waals surface area contributed by atoms with Crippen LogP contribution in [0.3, 0.4) is 0 Å². The maximum atomic E-state index is 11.1. The first-order chi connectivity index (χ1) is 9.74. The number of hydrogen-bond acceptors (Lipinski definition) is 3. The van der Waals surface area contributed by atoms with Crippen molar-refractivity contribution >= 4 is 11.7 Å². The number of hydrogen-bond donors (Lipinski definition) is 2. The van der Waals surface area contributed by atoms with Crippen LogP contribution in [-0.2, 0) is 16.1 Å². The minimum absolute atomic E-state index is 0.237. The van der Waals surface area contributed by atoms with E-state index < -0.39 is 5.97 Å². The monoisotopic (exact) mass is 272 g/mol. The Hall–Kier alpha value is -2.17. The highest BCUT2D eigenvalue weighted by Gasteiger charge is 2.36. The molecule has 0 radical (unpaired) electrons. The number of nitrogens with one attached hydrogen (secondary N) is 1. The van der Waals surface area contributed by atoms with Crippen LogP contribution in [0.25, 0.3) is 5.70 Å². The number of aliphatic carboxylic acids is 1. The first-order valence-electron chi connectivity index (χ1n) is 6.95. The number of rotatable bonds is 1. The minimum atomic E-state index is -0.714. The van der Waals surface area contributed by atoms with Crippen LogP contribution in [0, 0.1) is 11.8 Å². The van der Waals surface area contributed by atoms with Crippen LogP contribution in [0.1, 0.15) is 18.5 Å². The standard InChI is InChI=1S/C15H16N2O3/c18-15(19)10-6-9-3-4-12-14(13(9)16-7-10)20-8-11-2-1-5-17(11)12/h1-2,4-5,9-10,16H,3,6-8H2,(H,18,19). The van der Waals surface area contributed by atoms with Gasteiger partial charge in [-0.2, -0.15) is 0 Å². The zero-order valence-electron chi connectivity index (χ0n) is 11.0. The minimum Gasteiger partial charge on any atom is -0.483 e. The third kappa shape index (κ3) is 1.59. The Bertz CT molecular complexity index is 641. The zero-order valence-corrected chi connectivity index (χ0v) is 11.0. The van der Waals surface area contributed by atoms with Crippen molar-refractivity contribution in [3.05, 3.63) is 41.6 Å². The van der Waals surface area contributed by atoms with Gasteiger partial charge < -0.3 is 19.7 Å². The van der Waals surface area contributed by atoms with E-state index in [-0.39, 0.29) is 11.8 Å². The van der Waals surface area contributed by atoms with Gasteiger partial charge in [-0.15, -0.1) is 0 Å². The van der Waals surface area contributed by atoms with E-state index >= 15 is 0 Å². The summed E-state index contributed by atoms with van der Waals surface area (Å²) in [6.45, 7) is 1.06. The summed E-state index contributed by atoms with van der Waals surface area (Å²) in [5, 5.41) is 12.5. The Labute approximate surface area is 116 Å². The summed E-state index contributed by atoms with van der Waals surface area (Å²) >= 11 is 0. The van der Waals surface area contributed by atoms with Crippen LogP contribution in [0.5, 0.6) is 0 Å². The predicted octanol–water partition coefficient (Wildman–Crippen LogP) is 1.78. The molecule has 2 N–H and O–H groups in total. The second-order valence-electron chi connectivity index (χ2n) is 5.57. The highest BCUT2D eigenvalue weighted by Crippen LogP contribution is 2.40. The molecule has 1 aliphatic carbocycles. The first-order valence-corrected chi connectivity index (χ1v) is 6.95. The van der Waals surface area contributed by atoms with E-state index in [2.05, 4.69) is 22.0 Å². The molecular formula is C15H16N2O3. The lowest BCUT2D eigenvalue weighted by molar-refractivity contribution is -0.142. The number of fused-ring (bicyclic) bond motifs is 4. The number of piperidine rings is 1. The average molecular weight is 272 g/mol. The molecule has 2 atom stereocenters. The van der Waals surface area contributed by atoms with Gasteiger partial charge in [-0.3, -0.25) is 4.79 Å². The van der Waals surface area contributed by atoms with E-state index in [0.717, 1.165) is 29.3 Å². The summed E-state index contributed by atoms with van der Waals surface area (Å²) in [6, 6.07) is 4.08. The molecule has 1 aromatic rings. The van der Waals surface area contributed by atoms with Gasteiger partial charge in [-0.05, 0) is 25.0 Å². The van der Waals surface area contributed by atoms with Gasteiger partial charge in [-0.25, -0.2) is 0 Å². The zero-order chi connectivity index (χ0) is 13.7. The summed E-state index contributed by atoms with van der Waals surface area (Å²) in [4.78, 5) is 11.1. The van der Waals surface area contributed by atoms with Gasteiger partial charge in [0.15, 0.2) is 5.76 Å². The van der Waals surface area contributed by atoms with Gasteiger partial charge in [0.05, 0.1) is 23.0 Å². The van der Waals surface area contributed by atoms with E-state index in [1.54, 1.807) is 0 Å². The normalized spacial score (nSPS) is 27.5. The fraction of sp³-hybridized carbons (Fsp3) is 0.400. The van der Waals surface area contributed by atoms with Crippen molar-refractivity contribution in [1.29, 1.82) is 0 Å². The van der Waals surface area contributed by atoms with Crippen LogP contribution in [0.2, 0.25) is 0 Å². The van der Waals surface area contributed by atoms with E-state index in [0.29, 0.717) is 19.6 Å². The molecule has 0 spiro atoms. The summed E-state index contributed by atoms with van der Waals surface area (Å²) in [6.07, 6.45) is 5.77. The Kier molecular flexibility index (Phi) is 2.42. The highest BCUT2D eigenvalue weighted by molar-refractivity contribution is 5.72. The Morgan fingerprint density at radius 2 is 2.40 bits per heavy atom. The maximum absolute atomic E-state index is 11.1. The summed E-state index contributed by atoms with van der Waals surface area (Å²) in [5.74, 6) is 0.119. The third-order valence-electron chi connectivity index (χ3n) is 4.40. The maximum Gasteiger partial charge on any atom is 0.308 e. The van der Waals surface area contributed by atoms with Crippen molar-refractivity contribution in [2.45, 2.75) is 19.4 Å². The summed E-state index contributed by atoms with van der Waals surface area (Å²) in [7, 11) is 0. The van der Waals surface area contributed by atoms with Gasteiger partial charge in [-0.1, -0.05) is 6.08 Å². The molecule has 1 aromatic heterocycles. The lowest BCUT2D eigenvalue weighted by Crippen LogP contribution is -2.40. The molecular weight excluding hydrogens is 256 g/mol.